The second-order valence-corrected chi connectivity index (χ2v) is 5.57. The van der Waals surface area contributed by atoms with Gasteiger partial charge in [-0.15, -0.1) is 0 Å². The van der Waals surface area contributed by atoms with Crippen LogP contribution < -0.4 is 4.90 Å². The molecule has 0 radical (unpaired) electrons. The van der Waals surface area contributed by atoms with Gasteiger partial charge in [0.15, 0.2) is 5.82 Å². The largest absolute Gasteiger partial charge is 0.377 e. The molecular formula is C14H21N3O. The van der Waals surface area contributed by atoms with Gasteiger partial charge >= 0.3 is 0 Å². The van der Waals surface area contributed by atoms with Gasteiger partial charge in [0.1, 0.15) is 12.4 Å². The summed E-state index contributed by atoms with van der Waals surface area (Å²) in [5.74, 6) is 3.67. The maximum atomic E-state index is 5.13. The van der Waals surface area contributed by atoms with Crippen molar-refractivity contribution in [3.63, 3.8) is 0 Å². The molecule has 98 valence electrons. The second-order valence-electron chi connectivity index (χ2n) is 5.57. The number of hydrogen-bond donors (Lipinski definition) is 0. The SMILES string of the molecule is COCc1nc(C)cc(N2CC3CCCC3C2)n1. The molecule has 2 unspecified atom stereocenters. The van der Waals surface area contributed by atoms with Crippen LogP contribution in [0.2, 0.25) is 0 Å². The molecular weight excluding hydrogens is 226 g/mol. The molecule has 4 nitrogen and oxygen atoms in total. The Morgan fingerprint density at radius 1 is 1.28 bits per heavy atom. The Morgan fingerprint density at radius 3 is 2.67 bits per heavy atom. The van der Waals surface area contributed by atoms with E-state index in [9.17, 15) is 0 Å². The van der Waals surface area contributed by atoms with Crippen LogP contribution in [-0.2, 0) is 11.3 Å². The molecule has 1 saturated carbocycles. The molecule has 2 heterocycles. The first-order chi connectivity index (χ1) is 8.76. The maximum Gasteiger partial charge on any atom is 0.156 e. The number of aryl methyl sites for hydroxylation is 1. The standard InChI is InChI=1S/C14H21N3O/c1-10-6-14(16-13(15-10)9-18-2)17-7-11-4-3-5-12(11)8-17/h6,11-12H,3-5,7-9H2,1-2H3. The second kappa shape index (κ2) is 4.84. The van der Waals surface area contributed by atoms with E-state index in [0.717, 1.165) is 29.2 Å². The van der Waals surface area contributed by atoms with Crippen molar-refractivity contribution in [3.8, 4) is 0 Å². The van der Waals surface area contributed by atoms with Gasteiger partial charge in [-0.25, -0.2) is 9.97 Å². The Bertz CT molecular complexity index is 423. The summed E-state index contributed by atoms with van der Waals surface area (Å²) in [7, 11) is 1.69. The lowest BCUT2D eigenvalue weighted by Gasteiger charge is -2.19. The fourth-order valence-corrected chi connectivity index (χ4v) is 3.39. The van der Waals surface area contributed by atoms with E-state index in [1.807, 2.05) is 6.92 Å². The van der Waals surface area contributed by atoms with Crippen molar-refractivity contribution in [2.45, 2.75) is 32.8 Å². The number of rotatable bonds is 3. The molecule has 0 aromatic carbocycles. The van der Waals surface area contributed by atoms with Gasteiger partial charge in [-0.3, -0.25) is 0 Å². The van der Waals surface area contributed by atoms with Gasteiger partial charge in [-0.2, -0.15) is 0 Å². The average molecular weight is 247 g/mol. The van der Waals surface area contributed by atoms with Crippen LogP contribution in [0.1, 0.15) is 30.8 Å². The molecule has 0 amide bonds. The van der Waals surface area contributed by atoms with Crippen LogP contribution >= 0.6 is 0 Å². The van der Waals surface area contributed by atoms with Crippen LogP contribution in [0.5, 0.6) is 0 Å². The Labute approximate surface area is 108 Å². The van der Waals surface area contributed by atoms with Crippen molar-refractivity contribution >= 4 is 5.82 Å². The van der Waals surface area contributed by atoms with Gasteiger partial charge in [-0.05, 0) is 31.6 Å². The summed E-state index contributed by atoms with van der Waals surface area (Å²) in [6, 6.07) is 2.10. The summed E-state index contributed by atoms with van der Waals surface area (Å²) in [6.07, 6.45) is 4.22. The molecule has 18 heavy (non-hydrogen) atoms. The smallest absolute Gasteiger partial charge is 0.156 e. The summed E-state index contributed by atoms with van der Waals surface area (Å²) in [5, 5.41) is 0. The van der Waals surface area contributed by atoms with Crippen LogP contribution in [0.3, 0.4) is 0 Å². The molecule has 1 saturated heterocycles. The van der Waals surface area contributed by atoms with Crippen molar-refractivity contribution < 1.29 is 4.74 Å². The zero-order chi connectivity index (χ0) is 12.5. The van der Waals surface area contributed by atoms with Crippen LogP contribution in [-0.4, -0.2) is 30.2 Å². The maximum absolute atomic E-state index is 5.13. The Kier molecular flexibility index (Phi) is 3.20. The Balaban J connectivity index is 1.79. The molecule has 0 bridgehead atoms. The van der Waals surface area contributed by atoms with E-state index in [2.05, 4.69) is 20.9 Å². The third kappa shape index (κ3) is 2.21. The predicted octanol–water partition coefficient (Wildman–Crippen LogP) is 2.17. The molecule has 1 aliphatic carbocycles. The van der Waals surface area contributed by atoms with Crippen molar-refractivity contribution in [1.29, 1.82) is 0 Å². The van der Waals surface area contributed by atoms with Crippen molar-refractivity contribution in [2.24, 2.45) is 11.8 Å². The number of hydrogen-bond acceptors (Lipinski definition) is 4. The third-order valence-electron chi connectivity index (χ3n) is 4.21. The summed E-state index contributed by atoms with van der Waals surface area (Å²) in [4.78, 5) is 11.5. The van der Waals surface area contributed by atoms with Gasteiger partial charge in [-0.1, -0.05) is 6.42 Å². The number of anilines is 1. The van der Waals surface area contributed by atoms with E-state index < -0.39 is 0 Å². The van der Waals surface area contributed by atoms with Gasteiger partial charge in [0.05, 0.1) is 0 Å². The first-order valence-corrected chi connectivity index (χ1v) is 6.84. The predicted molar refractivity (Wildman–Crippen MR) is 70.5 cm³/mol. The quantitative estimate of drug-likeness (QED) is 0.820. The number of aromatic nitrogens is 2. The summed E-state index contributed by atoms with van der Waals surface area (Å²) in [6.45, 7) is 4.87. The highest BCUT2D eigenvalue weighted by molar-refractivity contribution is 5.41. The minimum atomic E-state index is 0.495. The molecule has 1 aromatic rings. The van der Waals surface area contributed by atoms with Gasteiger partial charge in [0.2, 0.25) is 0 Å². The number of nitrogens with zero attached hydrogens (tertiary/aromatic N) is 3. The summed E-state index contributed by atoms with van der Waals surface area (Å²) in [5.41, 5.74) is 1.03. The third-order valence-corrected chi connectivity index (χ3v) is 4.21. The molecule has 2 fully saturated rings. The number of methoxy groups -OCH3 is 1. The van der Waals surface area contributed by atoms with Crippen LogP contribution in [0, 0.1) is 18.8 Å². The lowest BCUT2D eigenvalue weighted by atomic mass is 10.0. The van der Waals surface area contributed by atoms with E-state index >= 15 is 0 Å². The minimum absolute atomic E-state index is 0.495. The first kappa shape index (κ1) is 11.9. The number of fused-ring (bicyclic) bond motifs is 1. The molecule has 0 N–H and O–H groups in total. The van der Waals surface area contributed by atoms with Crippen molar-refractivity contribution in [1.82, 2.24) is 9.97 Å². The molecule has 1 aliphatic heterocycles. The van der Waals surface area contributed by atoms with Crippen LogP contribution in [0.15, 0.2) is 6.07 Å². The van der Waals surface area contributed by atoms with Crippen molar-refractivity contribution in [2.75, 3.05) is 25.1 Å². The van der Waals surface area contributed by atoms with Crippen LogP contribution in [0.4, 0.5) is 5.82 Å². The van der Waals surface area contributed by atoms with E-state index in [4.69, 9.17) is 4.74 Å². The van der Waals surface area contributed by atoms with E-state index in [0.29, 0.717) is 6.61 Å². The first-order valence-electron chi connectivity index (χ1n) is 6.84. The molecule has 1 aromatic heterocycles. The van der Waals surface area contributed by atoms with E-state index in [1.165, 1.54) is 32.4 Å². The summed E-state index contributed by atoms with van der Waals surface area (Å²) >= 11 is 0. The zero-order valence-corrected chi connectivity index (χ0v) is 11.2. The molecule has 0 spiro atoms. The highest BCUT2D eigenvalue weighted by atomic mass is 16.5. The Morgan fingerprint density at radius 2 is 2.00 bits per heavy atom. The fraction of sp³-hybridized carbons (Fsp3) is 0.714. The normalized spacial score (nSPS) is 26.7. The minimum Gasteiger partial charge on any atom is -0.377 e. The lowest BCUT2D eigenvalue weighted by Crippen LogP contribution is -2.22. The molecule has 4 heteroatoms. The van der Waals surface area contributed by atoms with E-state index in [1.54, 1.807) is 7.11 Å². The van der Waals surface area contributed by atoms with Gasteiger partial charge in [0.25, 0.3) is 0 Å². The Hall–Kier alpha value is -1.16. The topological polar surface area (TPSA) is 38.2 Å². The van der Waals surface area contributed by atoms with E-state index in [-0.39, 0.29) is 0 Å². The van der Waals surface area contributed by atoms with Gasteiger partial charge < -0.3 is 9.64 Å². The number of ether oxygens (including phenoxy) is 1. The fourth-order valence-electron chi connectivity index (χ4n) is 3.39. The van der Waals surface area contributed by atoms with Crippen LogP contribution in [0.25, 0.3) is 0 Å². The molecule has 2 aliphatic rings. The monoisotopic (exact) mass is 247 g/mol. The van der Waals surface area contributed by atoms with Gasteiger partial charge in [0, 0.05) is 32.0 Å². The molecule has 2 atom stereocenters. The molecule has 3 rings (SSSR count). The lowest BCUT2D eigenvalue weighted by molar-refractivity contribution is 0.177. The highest BCUT2D eigenvalue weighted by Gasteiger charge is 2.36. The highest BCUT2D eigenvalue weighted by Crippen LogP contribution is 2.39. The average Bonchev–Trinajstić information content (AvgIpc) is 2.88. The zero-order valence-electron chi connectivity index (χ0n) is 11.2. The van der Waals surface area contributed by atoms with Crippen molar-refractivity contribution in [3.05, 3.63) is 17.6 Å². The summed E-state index contributed by atoms with van der Waals surface area (Å²) < 4.78 is 5.13.